The molecule has 0 spiro atoms. The third-order valence-corrected chi connectivity index (χ3v) is 2.01. The number of carbonyl (C=O) groups excluding carboxylic acids is 2. The number of hydrogen-bond donors (Lipinski definition) is 0. The summed E-state index contributed by atoms with van der Waals surface area (Å²) in [7, 11) is 0. The fourth-order valence-corrected chi connectivity index (χ4v) is 1.61. The number of esters is 1. The Morgan fingerprint density at radius 1 is 1.75 bits per heavy atom. The number of carbonyl (C=O) groups is 2. The molecule has 0 amide bonds. The van der Waals surface area contributed by atoms with Crippen LogP contribution in [0.1, 0.15) is 26.7 Å². The van der Waals surface area contributed by atoms with Gasteiger partial charge in [-0.15, -0.1) is 0 Å². The standard InChI is InChI=1S/C8H11ClO3/c1-8(2)4-5(3-6(9)10)7(11)12-8/h5H,3-4H2,1-2H3. The first kappa shape index (κ1) is 9.52. The number of hydrogen-bond acceptors (Lipinski definition) is 3. The number of ether oxygens (including phenoxy) is 1. The van der Waals surface area contributed by atoms with Gasteiger partial charge >= 0.3 is 5.97 Å². The zero-order valence-electron chi connectivity index (χ0n) is 7.09. The molecule has 1 aliphatic rings. The quantitative estimate of drug-likeness (QED) is 0.490. The van der Waals surface area contributed by atoms with Gasteiger partial charge in [0.1, 0.15) is 5.60 Å². The molecule has 0 radical (unpaired) electrons. The van der Waals surface area contributed by atoms with E-state index in [2.05, 4.69) is 0 Å². The summed E-state index contributed by atoms with van der Waals surface area (Å²) in [5, 5.41) is -0.477. The SMILES string of the molecule is CC1(C)CC(CC(=O)Cl)C(=O)O1. The normalized spacial score (nSPS) is 26.9. The van der Waals surface area contributed by atoms with Gasteiger partial charge in [-0.1, -0.05) is 0 Å². The van der Waals surface area contributed by atoms with Crippen LogP contribution in [0.15, 0.2) is 0 Å². The topological polar surface area (TPSA) is 43.4 Å². The van der Waals surface area contributed by atoms with E-state index >= 15 is 0 Å². The average Bonchev–Trinajstić information content (AvgIpc) is 2.03. The molecule has 1 rings (SSSR count). The van der Waals surface area contributed by atoms with Crippen molar-refractivity contribution in [1.82, 2.24) is 0 Å². The third-order valence-electron chi connectivity index (χ3n) is 1.86. The lowest BCUT2D eigenvalue weighted by molar-refractivity contribution is -0.149. The smallest absolute Gasteiger partial charge is 0.310 e. The zero-order chi connectivity index (χ0) is 9.35. The molecular formula is C8H11ClO3. The van der Waals surface area contributed by atoms with Crippen molar-refractivity contribution in [3.05, 3.63) is 0 Å². The van der Waals surface area contributed by atoms with Gasteiger partial charge in [0.2, 0.25) is 5.24 Å². The molecule has 1 fully saturated rings. The van der Waals surface area contributed by atoms with Gasteiger partial charge in [-0.05, 0) is 25.4 Å². The van der Waals surface area contributed by atoms with E-state index in [9.17, 15) is 9.59 Å². The largest absolute Gasteiger partial charge is 0.459 e. The molecule has 0 aromatic carbocycles. The first-order chi connectivity index (χ1) is 5.41. The van der Waals surface area contributed by atoms with E-state index in [0.717, 1.165) is 0 Å². The molecule has 1 aliphatic heterocycles. The third kappa shape index (κ3) is 2.21. The van der Waals surface area contributed by atoms with Crippen molar-refractivity contribution in [2.45, 2.75) is 32.3 Å². The average molecular weight is 191 g/mol. The van der Waals surface area contributed by atoms with E-state index in [4.69, 9.17) is 16.3 Å². The van der Waals surface area contributed by atoms with Crippen LogP contribution in [0.2, 0.25) is 0 Å². The van der Waals surface area contributed by atoms with Gasteiger partial charge in [-0.3, -0.25) is 9.59 Å². The van der Waals surface area contributed by atoms with E-state index in [1.165, 1.54) is 0 Å². The lowest BCUT2D eigenvalue weighted by Gasteiger charge is -2.14. The Labute approximate surface area is 76.0 Å². The Morgan fingerprint density at radius 3 is 2.67 bits per heavy atom. The highest BCUT2D eigenvalue weighted by atomic mass is 35.5. The second-order valence-electron chi connectivity index (χ2n) is 3.64. The Bertz CT molecular complexity index is 222. The minimum atomic E-state index is -0.477. The maximum absolute atomic E-state index is 11.1. The molecule has 0 aromatic heterocycles. The van der Waals surface area contributed by atoms with Crippen LogP contribution in [-0.4, -0.2) is 16.8 Å². The van der Waals surface area contributed by atoms with Crippen molar-refractivity contribution in [2.24, 2.45) is 5.92 Å². The van der Waals surface area contributed by atoms with E-state index in [1.54, 1.807) is 0 Å². The molecular weight excluding hydrogens is 180 g/mol. The summed E-state index contributed by atoms with van der Waals surface area (Å²) in [6.07, 6.45) is 0.661. The van der Waals surface area contributed by atoms with Gasteiger partial charge < -0.3 is 4.74 Å². The summed E-state index contributed by atoms with van der Waals surface area (Å²) < 4.78 is 5.01. The summed E-state index contributed by atoms with van der Waals surface area (Å²) in [5.74, 6) is -0.654. The Hall–Kier alpha value is -0.570. The monoisotopic (exact) mass is 190 g/mol. The van der Waals surface area contributed by atoms with Crippen molar-refractivity contribution >= 4 is 22.8 Å². The Kier molecular flexibility index (Phi) is 2.42. The molecule has 0 aliphatic carbocycles. The number of halogens is 1. The zero-order valence-corrected chi connectivity index (χ0v) is 7.85. The lowest BCUT2D eigenvalue weighted by atomic mass is 9.95. The molecule has 0 N–H and O–H groups in total. The van der Waals surface area contributed by atoms with Crippen molar-refractivity contribution in [2.75, 3.05) is 0 Å². The van der Waals surface area contributed by atoms with E-state index in [0.29, 0.717) is 6.42 Å². The van der Waals surface area contributed by atoms with Gasteiger partial charge in [0.25, 0.3) is 0 Å². The molecule has 0 bridgehead atoms. The van der Waals surface area contributed by atoms with Gasteiger partial charge in [0.15, 0.2) is 0 Å². The molecule has 1 unspecified atom stereocenters. The van der Waals surface area contributed by atoms with Crippen LogP contribution in [0.4, 0.5) is 0 Å². The lowest BCUT2D eigenvalue weighted by Crippen LogP contribution is -2.17. The maximum atomic E-state index is 11.1. The van der Waals surface area contributed by atoms with E-state index in [1.807, 2.05) is 13.8 Å². The minimum Gasteiger partial charge on any atom is -0.459 e. The van der Waals surface area contributed by atoms with Crippen LogP contribution in [0, 0.1) is 5.92 Å². The van der Waals surface area contributed by atoms with Crippen LogP contribution in [-0.2, 0) is 14.3 Å². The summed E-state index contributed by atoms with van der Waals surface area (Å²) in [6, 6.07) is 0. The van der Waals surface area contributed by atoms with Crippen LogP contribution < -0.4 is 0 Å². The molecule has 3 nitrogen and oxygen atoms in total. The fourth-order valence-electron chi connectivity index (χ4n) is 1.42. The van der Waals surface area contributed by atoms with Crippen LogP contribution in [0.5, 0.6) is 0 Å². The van der Waals surface area contributed by atoms with E-state index < -0.39 is 10.8 Å². The van der Waals surface area contributed by atoms with Gasteiger partial charge in [-0.2, -0.15) is 0 Å². The maximum Gasteiger partial charge on any atom is 0.310 e. The summed E-state index contributed by atoms with van der Waals surface area (Å²) >= 11 is 5.17. The molecule has 1 atom stereocenters. The first-order valence-corrected chi connectivity index (χ1v) is 4.20. The molecule has 12 heavy (non-hydrogen) atoms. The number of cyclic esters (lactones) is 1. The summed E-state index contributed by atoms with van der Waals surface area (Å²) in [4.78, 5) is 21.6. The Morgan fingerprint density at radius 2 is 2.33 bits per heavy atom. The number of rotatable bonds is 2. The predicted molar refractivity (Wildman–Crippen MR) is 43.8 cm³/mol. The highest BCUT2D eigenvalue weighted by Crippen LogP contribution is 2.32. The Balaban J connectivity index is 2.58. The van der Waals surface area contributed by atoms with Crippen molar-refractivity contribution in [3.8, 4) is 0 Å². The van der Waals surface area contributed by atoms with Crippen LogP contribution in [0.25, 0.3) is 0 Å². The fraction of sp³-hybridized carbons (Fsp3) is 0.750. The van der Waals surface area contributed by atoms with Gasteiger partial charge in [0.05, 0.1) is 5.92 Å². The highest BCUT2D eigenvalue weighted by molar-refractivity contribution is 6.63. The first-order valence-electron chi connectivity index (χ1n) is 3.82. The second kappa shape index (κ2) is 3.05. The highest BCUT2D eigenvalue weighted by Gasteiger charge is 2.40. The van der Waals surface area contributed by atoms with Gasteiger partial charge in [0, 0.05) is 12.8 Å². The summed E-state index contributed by atoms with van der Waals surface area (Å²) in [6.45, 7) is 3.65. The minimum absolute atomic E-state index is 0.0871. The van der Waals surface area contributed by atoms with Crippen molar-refractivity contribution < 1.29 is 14.3 Å². The molecule has 4 heteroatoms. The molecule has 1 saturated heterocycles. The van der Waals surface area contributed by atoms with Crippen molar-refractivity contribution in [3.63, 3.8) is 0 Å². The van der Waals surface area contributed by atoms with Crippen LogP contribution in [0.3, 0.4) is 0 Å². The summed E-state index contributed by atoms with van der Waals surface area (Å²) in [5.41, 5.74) is -0.436. The van der Waals surface area contributed by atoms with E-state index in [-0.39, 0.29) is 18.3 Å². The molecule has 1 heterocycles. The molecule has 0 saturated carbocycles. The van der Waals surface area contributed by atoms with Crippen molar-refractivity contribution in [1.29, 1.82) is 0 Å². The predicted octanol–water partition coefficient (Wildman–Crippen LogP) is 1.48. The molecule has 0 aromatic rings. The van der Waals surface area contributed by atoms with Crippen LogP contribution >= 0.6 is 11.6 Å². The van der Waals surface area contributed by atoms with Gasteiger partial charge in [-0.25, -0.2) is 0 Å². The second-order valence-corrected chi connectivity index (χ2v) is 4.06. The molecule has 68 valence electrons.